The normalized spacial score (nSPS) is 16.1. The minimum atomic E-state index is -6.29. The molecule has 3 rings (SSSR count). The Hall–Kier alpha value is -1.95. The van der Waals surface area contributed by atoms with E-state index in [0.717, 1.165) is 49.9 Å². The smallest absolute Gasteiger partial charge is 0.399 e. The van der Waals surface area contributed by atoms with Gasteiger partial charge in [-0.15, -0.1) is 0 Å². The highest BCUT2D eigenvalue weighted by atomic mass is 127. The van der Waals surface area contributed by atoms with E-state index in [9.17, 15) is 164 Å². The van der Waals surface area contributed by atoms with Crippen LogP contribution in [0.25, 0.3) is 0 Å². The highest BCUT2D eigenvalue weighted by Crippen LogP contribution is 2.44. The summed E-state index contributed by atoms with van der Waals surface area (Å²) in [6.45, 7) is 31.3. The van der Waals surface area contributed by atoms with Gasteiger partial charge in [-0.25, -0.2) is 0 Å². The summed E-state index contributed by atoms with van der Waals surface area (Å²) in [5, 5.41) is 40.0. The number of hydrogen-bond acceptors (Lipinski definition) is 21. The molecule has 0 aromatic heterocycles. The van der Waals surface area contributed by atoms with Crippen LogP contribution in [0.3, 0.4) is 0 Å². The van der Waals surface area contributed by atoms with Crippen LogP contribution in [0.2, 0.25) is 0 Å². The van der Waals surface area contributed by atoms with Gasteiger partial charge in [-0.1, -0.05) is 209 Å². The van der Waals surface area contributed by atoms with Crippen molar-refractivity contribution < 1.29 is 226 Å². The third-order valence-corrected chi connectivity index (χ3v) is 20.7. The van der Waals surface area contributed by atoms with Crippen molar-refractivity contribution in [2.75, 3.05) is 139 Å². The van der Waals surface area contributed by atoms with E-state index in [0.29, 0.717) is 59.2 Å². The number of nitrogens with one attached hydrogen (secondary N) is 4. The molecule has 0 aliphatic carbocycles. The van der Waals surface area contributed by atoms with E-state index in [2.05, 4.69) is 70.7 Å². The second-order valence-corrected chi connectivity index (χ2v) is 42.0. The molecule has 750 valence electrons. The van der Waals surface area contributed by atoms with Crippen LogP contribution in [0.5, 0.6) is 0 Å². The molecule has 1 aromatic carbocycles. The highest BCUT2D eigenvalue weighted by molar-refractivity contribution is 14.1. The lowest BCUT2D eigenvalue weighted by atomic mass is 10.0. The van der Waals surface area contributed by atoms with Gasteiger partial charge in [0.05, 0.1) is 55.8 Å². The van der Waals surface area contributed by atoms with E-state index in [4.69, 9.17) is 37.9 Å². The van der Waals surface area contributed by atoms with Crippen LogP contribution in [0.1, 0.15) is 119 Å². The van der Waals surface area contributed by atoms with E-state index < -0.39 is 102 Å². The molecule has 6 atom stereocenters. The molecule has 0 amide bonds. The Morgan fingerprint density at radius 3 is 0.866 bits per heavy atom. The van der Waals surface area contributed by atoms with Gasteiger partial charge in [0.1, 0.15) is 132 Å². The number of methoxy groups -OCH3 is 1. The van der Waals surface area contributed by atoms with Crippen molar-refractivity contribution in [1.29, 1.82) is 0 Å². The number of esters is 8. The molecule has 1 aromatic rings. The van der Waals surface area contributed by atoms with Gasteiger partial charge in [-0.3, -0.25) is 38.4 Å². The standard InChI is InChI=1S/C15H24I3NO6.C14H25I2NO4.C14H18INO3.C11H20INO2.C5H3F6O3.3C4H3F6O/c1-10(16)13(20)23-7-4-19(5-8-24-14(21)11(2)17)6-9-25-15(22)12(3)18;1-10(15)12(18)20-8-6-17(14(3,4)5)7-9-21-13(19)11(2)16;15-13(12-4-2-1-3-5-12)14(17)19-11-8-16-6-9-18-10-7-16;1-11(2,12)10(14)15-9-8-13-6-4-3-5-7-13;1-14-2(12)3(13,4(6,7)8)5(9,10)11;3*1-2(11,3(5,6)7)4(8,9)10/h10-12H,4-9H2,1-3H3;10-11H,6-9H2,1-5H3;1-5,13H,6-11H2;3-9H2,1-2H3;1H3;3*1H3/q;;;;4*-1/p+4. The molecule has 2 aliphatic heterocycles. The summed E-state index contributed by atoms with van der Waals surface area (Å²) in [5.41, 5.74) is -19.4. The molecule has 127 heavy (non-hydrogen) atoms. The molecule has 6 unspecified atom stereocenters. The van der Waals surface area contributed by atoms with E-state index >= 15 is 0 Å². The molecule has 0 bridgehead atoms. The highest BCUT2D eigenvalue weighted by Gasteiger charge is 2.68. The molecule has 2 aliphatic rings. The third kappa shape index (κ3) is 54.6. The average molecular weight is 2690 g/mol. The van der Waals surface area contributed by atoms with E-state index in [-0.39, 0.29) is 97.8 Å². The number of quaternary nitrogens is 4. The van der Waals surface area contributed by atoms with Crippen LogP contribution in [0.4, 0.5) is 105 Å². The second kappa shape index (κ2) is 60.6. The molecule has 4 N–H and O–H groups in total. The summed E-state index contributed by atoms with van der Waals surface area (Å²) in [6, 6.07) is 9.72. The minimum absolute atomic E-state index is 0.00466. The third-order valence-electron chi connectivity index (χ3n) is 16.5. The molecular formula is C71H103F24I7N4O21. The summed E-state index contributed by atoms with van der Waals surface area (Å²) in [6.07, 6.45) is -43.4. The predicted octanol–water partition coefficient (Wildman–Crippen LogP) is 7.88. The molecule has 0 radical (unpaired) electrons. The number of ether oxygens (including phenoxy) is 9. The number of hydrogen-bond donors (Lipinski definition) is 4. The molecule has 56 heteroatoms. The lowest BCUT2D eigenvalue weighted by Crippen LogP contribution is -3.19. The number of piperidine rings is 1. The Balaban J connectivity index is -0.000000454. The maximum Gasteiger partial charge on any atom is 0.399 e. The van der Waals surface area contributed by atoms with Crippen LogP contribution >= 0.6 is 158 Å². The predicted molar refractivity (Wildman–Crippen MR) is 456 cm³/mol. The Bertz CT molecular complexity index is 3080. The van der Waals surface area contributed by atoms with Crippen LogP contribution in [-0.4, -0.2) is 287 Å². The summed E-state index contributed by atoms with van der Waals surface area (Å²) < 4.78 is 317. The number of benzene rings is 1. The Morgan fingerprint density at radius 2 is 0.638 bits per heavy atom. The largest absolute Gasteiger partial charge is 0.837 e. The van der Waals surface area contributed by atoms with Crippen molar-refractivity contribution in [3.63, 3.8) is 0 Å². The Kier molecular flexibility index (Phi) is 63.7. The Morgan fingerprint density at radius 1 is 0.378 bits per heavy atom. The van der Waals surface area contributed by atoms with Crippen molar-refractivity contribution in [1.82, 2.24) is 0 Å². The number of carbonyl (C=O) groups is 8. The number of rotatable bonds is 30. The molecule has 25 nitrogen and oxygen atoms in total. The SMILES string of the molecule is CC(C)(I)C(=O)OCC[NH+]1CCCCC1.CC(I)C(=O)OCC[NH+](CCOC(=O)C(C)I)C(C)(C)C.CC(I)C(=O)OCC[NH+](CCOC(=O)C(C)I)CCOC(=O)C(C)I.CC([O-])(C(F)(F)F)C(F)(F)F.CC([O-])(C(F)(F)F)C(F)(F)F.CC([O-])(C(F)(F)F)C(F)(F)F.COC(=O)C([O-])(C(F)(F)F)C(F)(F)F.O=C(OCC[NH+]1CCOCC1)C(I)c1ccccc1. The van der Waals surface area contributed by atoms with Crippen LogP contribution in [0.15, 0.2) is 30.3 Å². The first-order valence-corrected chi connectivity index (χ1v) is 45.6. The fourth-order valence-electron chi connectivity index (χ4n) is 8.08. The first-order valence-electron chi connectivity index (χ1n) is 37.1. The number of morpholine rings is 1. The molecule has 2 fully saturated rings. The summed E-state index contributed by atoms with van der Waals surface area (Å²) in [4.78, 5) is 96.2. The van der Waals surface area contributed by atoms with Gasteiger partial charge in [-0.05, 0) is 94.1 Å². The lowest BCUT2D eigenvalue weighted by molar-refractivity contribution is -0.946. The van der Waals surface area contributed by atoms with Crippen LogP contribution in [0, 0.1) is 0 Å². The van der Waals surface area contributed by atoms with Gasteiger partial charge in [0.25, 0.3) is 0 Å². The van der Waals surface area contributed by atoms with Gasteiger partial charge in [0.15, 0.2) is 5.60 Å². The van der Waals surface area contributed by atoms with Crippen LogP contribution in [-0.2, 0) is 81.0 Å². The zero-order valence-corrected chi connectivity index (χ0v) is 85.5. The van der Waals surface area contributed by atoms with Crippen molar-refractivity contribution >= 4 is 206 Å². The van der Waals surface area contributed by atoms with Crippen molar-refractivity contribution in [3.05, 3.63) is 35.9 Å². The second-order valence-electron chi connectivity index (χ2n) is 28.7. The zero-order chi connectivity index (χ0) is 101. The van der Waals surface area contributed by atoms with Gasteiger partial charge < -0.3 is 82.7 Å². The van der Waals surface area contributed by atoms with E-state index in [1.807, 2.05) is 171 Å². The Labute approximate surface area is 813 Å². The minimum Gasteiger partial charge on any atom is -0.837 e. The molecule has 0 spiro atoms. The average Bonchev–Trinajstić information content (AvgIpc) is 0.759. The van der Waals surface area contributed by atoms with Crippen molar-refractivity contribution in [3.8, 4) is 0 Å². The quantitative estimate of drug-likeness (QED) is 0.0187. The van der Waals surface area contributed by atoms with Gasteiger partial charge >= 0.3 is 97.2 Å². The molecule has 0 saturated carbocycles. The topological polar surface area (TPSA) is 330 Å². The molecule has 2 heterocycles. The van der Waals surface area contributed by atoms with Gasteiger partial charge in [-0.2, -0.15) is 105 Å². The monoisotopic (exact) mass is 2690 g/mol. The lowest BCUT2D eigenvalue weighted by Gasteiger charge is -2.39. The first kappa shape index (κ1) is 134. The summed E-state index contributed by atoms with van der Waals surface area (Å²) >= 11 is 14.3. The summed E-state index contributed by atoms with van der Waals surface area (Å²) in [7, 11) is 0.256. The van der Waals surface area contributed by atoms with E-state index in [1.54, 1.807) is 25.7 Å². The number of likely N-dealkylation sites (tertiary alicyclic amines) is 1. The van der Waals surface area contributed by atoms with Crippen LogP contribution < -0.4 is 40.0 Å². The van der Waals surface area contributed by atoms with Gasteiger partial charge in [0, 0.05) is 0 Å². The fourth-order valence-corrected chi connectivity index (χ4v) is 9.73. The van der Waals surface area contributed by atoms with E-state index in [1.165, 1.54) is 42.2 Å². The molecule has 2 saturated heterocycles. The maximum absolute atomic E-state index is 11.9. The van der Waals surface area contributed by atoms with Gasteiger partial charge in [0.2, 0.25) is 0 Å². The number of halogens is 31. The van der Waals surface area contributed by atoms with Crippen molar-refractivity contribution in [2.24, 2.45) is 0 Å². The first-order chi connectivity index (χ1) is 56.9. The molecular weight excluding hydrogens is 2590 g/mol. The maximum atomic E-state index is 11.9. The fraction of sp³-hybridized carbons (Fsp3) is 0.803. The van der Waals surface area contributed by atoms with Crippen molar-refractivity contribution in [2.45, 2.75) is 214 Å². The number of alkyl halides is 31. The zero-order valence-electron chi connectivity index (χ0n) is 70.4. The summed E-state index contributed by atoms with van der Waals surface area (Å²) in [5.74, 6) is -4.32. The number of carbonyl (C=O) groups excluding carboxylic acids is 8.